The molecule has 156 valence electrons. The molecule has 1 aromatic carbocycles. The molecule has 0 atom stereocenters. The van der Waals surface area contributed by atoms with Gasteiger partial charge in [0.1, 0.15) is 11.5 Å². The third kappa shape index (κ3) is 4.57. The van der Waals surface area contributed by atoms with Gasteiger partial charge in [-0.05, 0) is 55.5 Å². The SMILES string of the molecule is COC(=O)c1c(NC(=O)CN(c2ccc(Cl)cc2C)S(C)(=O)=O)sc2c1CCC2. The molecule has 10 heteroatoms. The average Bonchev–Trinajstić information content (AvgIpc) is 3.19. The Labute approximate surface area is 178 Å². The van der Waals surface area contributed by atoms with E-state index in [4.69, 9.17) is 16.3 Å². The van der Waals surface area contributed by atoms with E-state index < -0.39 is 28.4 Å². The molecule has 0 saturated carbocycles. The van der Waals surface area contributed by atoms with Gasteiger partial charge in [-0.1, -0.05) is 11.6 Å². The Kier molecular flexibility index (Phi) is 6.21. The van der Waals surface area contributed by atoms with Gasteiger partial charge in [-0.2, -0.15) is 0 Å². The highest BCUT2D eigenvalue weighted by molar-refractivity contribution is 7.92. The Balaban J connectivity index is 1.88. The smallest absolute Gasteiger partial charge is 0.341 e. The first-order valence-electron chi connectivity index (χ1n) is 8.88. The number of hydrogen-bond acceptors (Lipinski definition) is 6. The zero-order valence-electron chi connectivity index (χ0n) is 16.2. The number of nitrogens with zero attached hydrogens (tertiary/aromatic N) is 1. The van der Waals surface area contributed by atoms with Crippen molar-refractivity contribution in [2.24, 2.45) is 0 Å². The van der Waals surface area contributed by atoms with E-state index in [-0.39, 0.29) is 0 Å². The number of amides is 1. The van der Waals surface area contributed by atoms with Gasteiger partial charge in [0.05, 0.1) is 24.6 Å². The van der Waals surface area contributed by atoms with Crippen LogP contribution in [0.15, 0.2) is 18.2 Å². The molecule has 1 aliphatic rings. The number of nitrogens with one attached hydrogen (secondary N) is 1. The summed E-state index contributed by atoms with van der Waals surface area (Å²) in [4.78, 5) is 26.0. The van der Waals surface area contributed by atoms with Gasteiger partial charge in [0, 0.05) is 9.90 Å². The summed E-state index contributed by atoms with van der Waals surface area (Å²) in [6.07, 6.45) is 3.59. The molecule has 0 radical (unpaired) electrons. The van der Waals surface area contributed by atoms with Crippen LogP contribution in [-0.2, 0) is 32.4 Å². The molecule has 2 aromatic rings. The van der Waals surface area contributed by atoms with Gasteiger partial charge in [0.25, 0.3) is 0 Å². The first-order valence-corrected chi connectivity index (χ1v) is 11.9. The summed E-state index contributed by atoms with van der Waals surface area (Å²) < 4.78 is 30.6. The Bertz CT molecular complexity index is 1080. The molecule has 1 amide bonds. The molecule has 7 nitrogen and oxygen atoms in total. The molecule has 1 N–H and O–H groups in total. The van der Waals surface area contributed by atoms with E-state index in [9.17, 15) is 18.0 Å². The number of ether oxygens (including phenoxy) is 1. The van der Waals surface area contributed by atoms with Crippen LogP contribution < -0.4 is 9.62 Å². The predicted molar refractivity (Wildman–Crippen MR) is 115 cm³/mol. The second-order valence-electron chi connectivity index (χ2n) is 6.80. The van der Waals surface area contributed by atoms with Crippen molar-refractivity contribution < 1.29 is 22.7 Å². The van der Waals surface area contributed by atoms with Gasteiger partial charge >= 0.3 is 5.97 Å². The Morgan fingerprint density at radius 2 is 2.03 bits per heavy atom. The minimum atomic E-state index is -3.73. The van der Waals surface area contributed by atoms with E-state index in [0.29, 0.717) is 26.8 Å². The summed E-state index contributed by atoms with van der Waals surface area (Å²) in [5.74, 6) is -1.05. The Morgan fingerprint density at radius 3 is 2.66 bits per heavy atom. The van der Waals surface area contributed by atoms with E-state index >= 15 is 0 Å². The largest absolute Gasteiger partial charge is 0.465 e. The van der Waals surface area contributed by atoms with Crippen LogP contribution in [0.2, 0.25) is 5.02 Å². The number of carbonyl (C=O) groups excluding carboxylic acids is 2. The average molecular weight is 457 g/mol. The number of sulfonamides is 1. The maximum absolute atomic E-state index is 12.7. The molecule has 1 aliphatic carbocycles. The van der Waals surface area contributed by atoms with E-state index in [1.54, 1.807) is 25.1 Å². The lowest BCUT2D eigenvalue weighted by molar-refractivity contribution is -0.114. The second kappa shape index (κ2) is 8.33. The number of halogens is 1. The molecule has 1 heterocycles. The summed E-state index contributed by atoms with van der Waals surface area (Å²) in [6.45, 7) is 1.29. The van der Waals surface area contributed by atoms with Crippen LogP contribution in [0.5, 0.6) is 0 Å². The first-order chi connectivity index (χ1) is 13.6. The van der Waals surface area contributed by atoms with Gasteiger partial charge in [-0.3, -0.25) is 9.10 Å². The molecule has 0 saturated heterocycles. The number of thiophene rings is 1. The lowest BCUT2D eigenvalue weighted by Gasteiger charge is -2.23. The van der Waals surface area contributed by atoms with Gasteiger partial charge in [-0.25, -0.2) is 13.2 Å². The minimum Gasteiger partial charge on any atom is -0.465 e. The van der Waals surface area contributed by atoms with Crippen molar-refractivity contribution in [3.8, 4) is 0 Å². The molecule has 0 unspecified atom stereocenters. The number of carbonyl (C=O) groups is 2. The standard InChI is InChI=1S/C19H21ClN2O5S2/c1-11-9-12(20)7-8-14(11)22(29(3,25)26)10-16(23)21-18-17(19(24)27-2)13-5-4-6-15(13)28-18/h7-9H,4-6,10H2,1-3H3,(H,21,23). The number of anilines is 2. The Morgan fingerprint density at radius 1 is 1.31 bits per heavy atom. The van der Waals surface area contributed by atoms with Crippen LogP contribution in [0, 0.1) is 6.92 Å². The van der Waals surface area contributed by atoms with Crippen LogP contribution in [0.25, 0.3) is 0 Å². The normalized spacial score (nSPS) is 13.1. The zero-order chi connectivity index (χ0) is 21.3. The fourth-order valence-corrected chi connectivity index (χ4v) is 5.82. The summed E-state index contributed by atoms with van der Waals surface area (Å²) in [5, 5.41) is 3.57. The topological polar surface area (TPSA) is 92.8 Å². The van der Waals surface area contributed by atoms with Crippen molar-refractivity contribution in [3.05, 3.63) is 44.8 Å². The molecule has 0 fully saturated rings. The van der Waals surface area contributed by atoms with Crippen molar-refractivity contribution in [1.82, 2.24) is 0 Å². The van der Waals surface area contributed by atoms with E-state index in [0.717, 1.165) is 40.3 Å². The molecular weight excluding hydrogens is 436 g/mol. The van der Waals surface area contributed by atoms with E-state index in [1.165, 1.54) is 18.4 Å². The first kappa shape index (κ1) is 21.6. The molecular formula is C19H21ClN2O5S2. The van der Waals surface area contributed by atoms with Gasteiger partial charge in [-0.15, -0.1) is 11.3 Å². The van der Waals surface area contributed by atoms with Crippen LogP contribution in [-0.4, -0.2) is 40.2 Å². The molecule has 0 aliphatic heterocycles. The Hall–Kier alpha value is -2.10. The lowest BCUT2D eigenvalue weighted by atomic mass is 10.1. The minimum absolute atomic E-state index is 0.368. The quantitative estimate of drug-likeness (QED) is 0.672. The molecule has 0 bridgehead atoms. The molecule has 0 spiro atoms. The summed E-state index contributed by atoms with van der Waals surface area (Å²) in [6, 6.07) is 4.76. The van der Waals surface area contributed by atoms with Crippen molar-refractivity contribution in [2.45, 2.75) is 26.2 Å². The summed E-state index contributed by atoms with van der Waals surface area (Å²) >= 11 is 7.29. The third-order valence-electron chi connectivity index (χ3n) is 4.68. The monoisotopic (exact) mass is 456 g/mol. The van der Waals surface area contributed by atoms with Crippen LogP contribution in [0.4, 0.5) is 10.7 Å². The number of methoxy groups -OCH3 is 1. The maximum Gasteiger partial charge on any atom is 0.341 e. The highest BCUT2D eigenvalue weighted by Crippen LogP contribution is 2.39. The number of benzene rings is 1. The predicted octanol–water partition coefficient (Wildman–Crippen LogP) is 3.39. The van der Waals surface area contributed by atoms with Crippen LogP contribution in [0.1, 0.15) is 32.8 Å². The lowest BCUT2D eigenvalue weighted by Crippen LogP contribution is -2.38. The zero-order valence-corrected chi connectivity index (χ0v) is 18.6. The fraction of sp³-hybridized carbons (Fsp3) is 0.368. The van der Waals surface area contributed by atoms with Crippen molar-refractivity contribution in [1.29, 1.82) is 0 Å². The van der Waals surface area contributed by atoms with Crippen molar-refractivity contribution in [2.75, 3.05) is 29.5 Å². The molecule has 29 heavy (non-hydrogen) atoms. The third-order valence-corrected chi connectivity index (χ3v) is 7.25. The number of rotatable bonds is 6. The van der Waals surface area contributed by atoms with Gasteiger partial charge < -0.3 is 10.1 Å². The van der Waals surface area contributed by atoms with Gasteiger partial charge in [0.15, 0.2) is 0 Å². The summed E-state index contributed by atoms with van der Waals surface area (Å²) in [5.41, 5.74) is 2.27. The van der Waals surface area contributed by atoms with E-state index in [2.05, 4.69) is 5.32 Å². The maximum atomic E-state index is 12.7. The van der Waals surface area contributed by atoms with Crippen molar-refractivity contribution >= 4 is 55.5 Å². The summed E-state index contributed by atoms with van der Waals surface area (Å²) in [7, 11) is -2.43. The number of hydrogen-bond donors (Lipinski definition) is 1. The number of aryl methyl sites for hydroxylation is 2. The fourth-order valence-electron chi connectivity index (χ4n) is 3.39. The van der Waals surface area contributed by atoms with Gasteiger partial charge in [0.2, 0.25) is 15.9 Å². The van der Waals surface area contributed by atoms with Crippen LogP contribution >= 0.6 is 22.9 Å². The van der Waals surface area contributed by atoms with Crippen LogP contribution in [0.3, 0.4) is 0 Å². The molecule has 3 rings (SSSR count). The van der Waals surface area contributed by atoms with E-state index in [1.807, 2.05) is 0 Å². The van der Waals surface area contributed by atoms with Crippen molar-refractivity contribution in [3.63, 3.8) is 0 Å². The molecule has 1 aromatic heterocycles. The number of esters is 1. The highest BCUT2D eigenvalue weighted by Gasteiger charge is 2.29. The number of fused-ring (bicyclic) bond motifs is 1. The highest BCUT2D eigenvalue weighted by atomic mass is 35.5. The second-order valence-corrected chi connectivity index (χ2v) is 10.3.